The first-order chi connectivity index (χ1) is 14.3. The molecule has 0 bridgehead atoms. The summed E-state index contributed by atoms with van der Waals surface area (Å²) in [5.74, 6) is -0.398. The number of benzene rings is 2. The number of nitrogens with zero attached hydrogens (tertiary/aromatic N) is 3. The van der Waals surface area contributed by atoms with Crippen molar-refractivity contribution in [1.29, 1.82) is 0 Å². The van der Waals surface area contributed by atoms with E-state index >= 15 is 0 Å². The number of amides is 1. The highest BCUT2D eigenvalue weighted by Crippen LogP contribution is 2.42. The lowest BCUT2D eigenvalue weighted by Gasteiger charge is -2.22. The van der Waals surface area contributed by atoms with Gasteiger partial charge in [0, 0.05) is 9.50 Å². The van der Waals surface area contributed by atoms with Crippen LogP contribution in [0.3, 0.4) is 0 Å². The molecule has 1 atom stereocenters. The summed E-state index contributed by atoms with van der Waals surface area (Å²) in [5, 5.41) is 10.1. The molecule has 1 aliphatic heterocycles. The van der Waals surface area contributed by atoms with Crippen molar-refractivity contribution in [3.05, 3.63) is 83.6 Å². The Morgan fingerprint density at radius 2 is 1.97 bits per heavy atom. The van der Waals surface area contributed by atoms with Crippen molar-refractivity contribution in [2.24, 2.45) is 0 Å². The van der Waals surface area contributed by atoms with Crippen LogP contribution in [-0.2, 0) is 0 Å². The molecule has 0 spiro atoms. The first-order valence-electron chi connectivity index (χ1n) is 9.01. The molecule has 1 amide bonds. The van der Waals surface area contributed by atoms with E-state index in [9.17, 15) is 9.59 Å². The number of fused-ring (bicyclic) bond motifs is 2. The fourth-order valence-electron chi connectivity index (χ4n) is 3.67. The van der Waals surface area contributed by atoms with Gasteiger partial charge in [-0.05, 0) is 49.2 Å². The standard InChI is InChI=1S/C21H13BrClN3O3S/c1-9-6-15-13(8-14(9)23)18(27)16-17(11-4-3-5-12(22)7-11)26(20(28)19(16)29-15)21-25-24-10(2)30-21/h3-8,17H,1-2H3. The number of aryl methyl sites for hydroxylation is 2. The smallest absolute Gasteiger partial charge is 0.297 e. The molecular formula is C21H13BrClN3O3S. The van der Waals surface area contributed by atoms with Crippen molar-refractivity contribution in [1.82, 2.24) is 10.2 Å². The monoisotopic (exact) mass is 501 g/mol. The van der Waals surface area contributed by atoms with Gasteiger partial charge in [0.25, 0.3) is 5.91 Å². The van der Waals surface area contributed by atoms with Crippen molar-refractivity contribution in [2.45, 2.75) is 19.9 Å². The number of carbonyl (C=O) groups is 1. The maximum atomic E-state index is 13.5. The lowest BCUT2D eigenvalue weighted by atomic mass is 9.98. The van der Waals surface area contributed by atoms with E-state index in [1.807, 2.05) is 38.1 Å². The Bertz CT molecular complexity index is 1410. The molecular weight excluding hydrogens is 490 g/mol. The highest BCUT2D eigenvalue weighted by molar-refractivity contribution is 9.10. The second kappa shape index (κ2) is 7.01. The van der Waals surface area contributed by atoms with Gasteiger partial charge in [0.1, 0.15) is 10.6 Å². The van der Waals surface area contributed by atoms with Gasteiger partial charge in [-0.15, -0.1) is 10.2 Å². The van der Waals surface area contributed by atoms with E-state index in [1.54, 1.807) is 12.1 Å². The molecule has 6 nitrogen and oxygen atoms in total. The van der Waals surface area contributed by atoms with Crippen molar-refractivity contribution < 1.29 is 9.21 Å². The zero-order chi connectivity index (χ0) is 21.2. The fourth-order valence-corrected chi connectivity index (χ4v) is 4.96. The third kappa shape index (κ3) is 2.90. The summed E-state index contributed by atoms with van der Waals surface area (Å²) in [6.45, 7) is 3.63. The third-order valence-electron chi connectivity index (χ3n) is 5.04. The topological polar surface area (TPSA) is 76.3 Å². The normalized spacial score (nSPS) is 15.8. The number of aromatic nitrogens is 2. The Morgan fingerprint density at radius 1 is 1.17 bits per heavy atom. The Morgan fingerprint density at radius 3 is 2.67 bits per heavy atom. The molecule has 9 heteroatoms. The molecule has 0 radical (unpaired) electrons. The van der Waals surface area contributed by atoms with Gasteiger partial charge >= 0.3 is 0 Å². The van der Waals surface area contributed by atoms with Crippen LogP contribution >= 0.6 is 38.9 Å². The van der Waals surface area contributed by atoms with Crippen LogP contribution in [0.25, 0.3) is 11.0 Å². The Hall–Kier alpha value is -2.55. The lowest BCUT2D eigenvalue weighted by molar-refractivity contribution is 0.0970. The van der Waals surface area contributed by atoms with Gasteiger partial charge in [-0.25, -0.2) is 0 Å². The van der Waals surface area contributed by atoms with Gasteiger partial charge in [-0.2, -0.15) is 0 Å². The molecule has 2 aromatic carbocycles. The third-order valence-corrected chi connectivity index (χ3v) is 6.78. The molecule has 5 rings (SSSR count). The number of hydrogen-bond acceptors (Lipinski definition) is 6. The quantitative estimate of drug-likeness (QED) is 0.365. The highest BCUT2D eigenvalue weighted by Gasteiger charge is 2.45. The van der Waals surface area contributed by atoms with Gasteiger partial charge in [0.15, 0.2) is 5.43 Å². The van der Waals surface area contributed by atoms with E-state index in [4.69, 9.17) is 16.0 Å². The largest absolute Gasteiger partial charge is 0.450 e. The van der Waals surface area contributed by atoms with Crippen molar-refractivity contribution in [3.8, 4) is 0 Å². The predicted molar refractivity (Wildman–Crippen MR) is 120 cm³/mol. The molecule has 2 aromatic heterocycles. The van der Waals surface area contributed by atoms with Gasteiger partial charge in [-0.3, -0.25) is 14.5 Å². The number of hydrogen-bond donors (Lipinski definition) is 0. The summed E-state index contributed by atoms with van der Waals surface area (Å²) < 4.78 is 6.80. The number of anilines is 1. The first kappa shape index (κ1) is 19.4. The minimum atomic E-state index is -0.682. The Balaban J connectivity index is 1.84. The molecule has 0 saturated heterocycles. The second-order valence-electron chi connectivity index (χ2n) is 7.01. The average Bonchev–Trinajstić information content (AvgIpc) is 3.25. The minimum absolute atomic E-state index is 0.0204. The molecule has 0 N–H and O–H groups in total. The molecule has 1 aliphatic rings. The van der Waals surface area contributed by atoms with Crippen LogP contribution < -0.4 is 10.3 Å². The maximum Gasteiger partial charge on any atom is 0.297 e. The van der Waals surface area contributed by atoms with Gasteiger partial charge in [0.05, 0.1) is 17.0 Å². The molecule has 30 heavy (non-hydrogen) atoms. The molecule has 4 aromatic rings. The molecule has 0 aliphatic carbocycles. The van der Waals surface area contributed by atoms with Crippen LogP contribution in [-0.4, -0.2) is 16.1 Å². The summed E-state index contributed by atoms with van der Waals surface area (Å²) in [5.41, 5.74) is 1.85. The van der Waals surface area contributed by atoms with E-state index in [0.29, 0.717) is 26.1 Å². The van der Waals surface area contributed by atoms with Crippen molar-refractivity contribution in [3.63, 3.8) is 0 Å². The number of halogens is 2. The Kier molecular flexibility index (Phi) is 4.53. The van der Waals surface area contributed by atoms with Crippen LogP contribution in [0.4, 0.5) is 5.13 Å². The molecule has 3 heterocycles. The second-order valence-corrected chi connectivity index (χ2v) is 9.49. The minimum Gasteiger partial charge on any atom is -0.450 e. The van der Waals surface area contributed by atoms with Crippen LogP contribution in [0.5, 0.6) is 0 Å². The fraction of sp³-hybridized carbons (Fsp3) is 0.143. The summed E-state index contributed by atoms with van der Waals surface area (Å²) in [4.78, 5) is 28.4. The zero-order valence-electron chi connectivity index (χ0n) is 15.8. The van der Waals surface area contributed by atoms with Crippen LogP contribution in [0.2, 0.25) is 5.02 Å². The van der Waals surface area contributed by atoms with Crippen LogP contribution in [0, 0.1) is 13.8 Å². The number of rotatable bonds is 2. The van der Waals surface area contributed by atoms with Crippen LogP contribution in [0.15, 0.2) is 50.1 Å². The van der Waals surface area contributed by atoms with Crippen LogP contribution in [0.1, 0.15) is 38.3 Å². The molecule has 1 unspecified atom stereocenters. The number of carbonyl (C=O) groups excluding carboxylic acids is 1. The molecule has 150 valence electrons. The maximum absolute atomic E-state index is 13.5. The van der Waals surface area contributed by atoms with E-state index < -0.39 is 11.9 Å². The van der Waals surface area contributed by atoms with Crippen molar-refractivity contribution in [2.75, 3.05) is 4.90 Å². The summed E-state index contributed by atoms with van der Waals surface area (Å²) in [6.07, 6.45) is 0. The summed E-state index contributed by atoms with van der Waals surface area (Å²) in [7, 11) is 0. The van der Waals surface area contributed by atoms with Gasteiger partial charge in [0.2, 0.25) is 10.9 Å². The Labute approximate surface area is 188 Å². The predicted octanol–water partition coefficient (Wildman–Crippen LogP) is 5.43. The van der Waals surface area contributed by atoms with E-state index in [0.717, 1.165) is 15.6 Å². The molecule has 0 saturated carbocycles. The SMILES string of the molecule is Cc1nnc(N2C(=O)c3oc4cc(C)c(Cl)cc4c(=O)c3C2c2cccc(Br)c2)s1. The average molecular weight is 503 g/mol. The molecule has 0 fully saturated rings. The summed E-state index contributed by atoms with van der Waals surface area (Å²) >= 11 is 11.0. The first-order valence-corrected chi connectivity index (χ1v) is 11.0. The van der Waals surface area contributed by atoms with E-state index in [2.05, 4.69) is 26.1 Å². The zero-order valence-corrected chi connectivity index (χ0v) is 18.9. The summed E-state index contributed by atoms with van der Waals surface area (Å²) in [6, 6.07) is 10.1. The van der Waals surface area contributed by atoms with E-state index in [1.165, 1.54) is 16.2 Å². The lowest BCUT2D eigenvalue weighted by Crippen LogP contribution is -2.29. The van der Waals surface area contributed by atoms with Crippen molar-refractivity contribution >= 4 is 60.9 Å². The van der Waals surface area contributed by atoms with E-state index in [-0.39, 0.29) is 16.8 Å². The van der Waals surface area contributed by atoms with Gasteiger partial charge < -0.3 is 4.42 Å². The highest BCUT2D eigenvalue weighted by atomic mass is 79.9. The van der Waals surface area contributed by atoms with Gasteiger partial charge in [-0.1, -0.05) is 51.0 Å².